The molecule has 0 heterocycles. The van der Waals surface area contributed by atoms with E-state index >= 15 is 0 Å². The Hall–Kier alpha value is 0.134. The first-order valence-corrected chi connectivity index (χ1v) is 43.0. The molecule has 0 aliphatic carbocycles. The average molecular weight is 1070 g/mol. The van der Waals surface area contributed by atoms with E-state index < -0.39 is 42.6 Å². The minimum Gasteiger partial charge on any atom is -0.518 e. The van der Waals surface area contributed by atoms with Crippen LogP contribution in [0.15, 0.2) is 12.3 Å². The molecule has 6 nitrogen and oxygen atoms in total. The largest absolute Gasteiger partial charge is 0.518 e. The lowest BCUT2D eigenvalue weighted by Crippen LogP contribution is -2.65. The van der Waals surface area contributed by atoms with E-state index in [1.807, 2.05) is 0 Å². The van der Waals surface area contributed by atoms with Crippen LogP contribution in [0.1, 0.15) is 295 Å². The van der Waals surface area contributed by atoms with Crippen molar-refractivity contribution in [2.75, 3.05) is 0 Å². The molecule has 0 aliphatic heterocycles. The lowest BCUT2D eigenvalue weighted by Gasteiger charge is -2.50. The summed E-state index contributed by atoms with van der Waals surface area (Å²) in [5, 5.41) is 0. The van der Waals surface area contributed by atoms with Gasteiger partial charge in [-0.05, 0) is 54.4 Å². The highest BCUT2D eigenvalue weighted by atomic mass is 28.5. The van der Waals surface area contributed by atoms with Gasteiger partial charge in [-0.2, -0.15) is 0 Å². The molecule has 0 radical (unpaired) electrons. The van der Waals surface area contributed by atoms with Crippen molar-refractivity contribution in [2.24, 2.45) is 0 Å². The van der Waals surface area contributed by atoms with E-state index in [0.717, 1.165) is 125 Å². The zero-order valence-corrected chi connectivity index (χ0v) is 54.8. The molecular formula is C59H126O6Si5. The van der Waals surface area contributed by atoms with Crippen molar-refractivity contribution in [2.45, 2.75) is 361 Å². The van der Waals surface area contributed by atoms with Crippen LogP contribution in [0.5, 0.6) is 0 Å². The first kappa shape index (κ1) is 70.1. The third-order valence-electron chi connectivity index (χ3n) is 15.2. The van der Waals surface area contributed by atoms with E-state index in [4.69, 9.17) is 20.9 Å². The van der Waals surface area contributed by atoms with Gasteiger partial charge in [0.25, 0.3) is 0 Å². The highest BCUT2D eigenvalue weighted by Gasteiger charge is 2.58. The Bertz CT molecular complexity index is 1150. The van der Waals surface area contributed by atoms with Crippen molar-refractivity contribution in [1.82, 2.24) is 0 Å². The lowest BCUT2D eigenvalue weighted by atomic mass is 10.3. The summed E-state index contributed by atoms with van der Waals surface area (Å²) in [5.41, 5.74) is 0. The number of rotatable bonds is 55. The SMILES string of the molecule is C=C(O[Si](CCCCC)(CCCCC)O[Si](CCCCC)(CCCCC)O[Si](CCCCC)(CCCCC)O[Si](CCCCC)(CCCCC)O[Si](CCCCC)(CCCCC)CCCCC)C(C)=O. The quantitative estimate of drug-likeness (QED) is 0.0262. The molecule has 0 aromatic carbocycles. The smallest absolute Gasteiger partial charge is 0.390 e. The molecule has 0 aromatic heterocycles. The van der Waals surface area contributed by atoms with Gasteiger partial charge in [-0.3, -0.25) is 4.79 Å². The summed E-state index contributed by atoms with van der Waals surface area (Å²) in [7, 11) is -14.3. The Morgan fingerprint density at radius 1 is 0.286 bits per heavy atom. The molecule has 11 heteroatoms. The Labute approximate surface area is 445 Å². The second kappa shape index (κ2) is 44.3. The first-order chi connectivity index (χ1) is 33.8. The normalized spacial score (nSPS) is 12.9. The van der Waals surface area contributed by atoms with E-state index in [9.17, 15) is 4.79 Å². The molecule has 0 saturated heterocycles. The van der Waals surface area contributed by atoms with E-state index in [0.29, 0.717) is 5.76 Å². The van der Waals surface area contributed by atoms with Crippen molar-refractivity contribution in [3.63, 3.8) is 0 Å². The first-order valence-electron chi connectivity index (χ1n) is 31.5. The maximum atomic E-state index is 13.2. The minimum absolute atomic E-state index is 0.0700. The van der Waals surface area contributed by atoms with Gasteiger partial charge < -0.3 is 20.9 Å². The zero-order chi connectivity index (χ0) is 52.3. The zero-order valence-electron chi connectivity index (χ0n) is 49.8. The van der Waals surface area contributed by atoms with Gasteiger partial charge in [0.15, 0.2) is 14.1 Å². The van der Waals surface area contributed by atoms with Crippen LogP contribution < -0.4 is 0 Å². The fraction of sp³-hybridized carbons (Fsp3) is 0.949. The molecule has 70 heavy (non-hydrogen) atoms. The predicted octanol–water partition coefficient (Wildman–Crippen LogP) is 22.0. The Morgan fingerprint density at radius 3 is 0.686 bits per heavy atom. The van der Waals surface area contributed by atoms with Crippen molar-refractivity contribution in [1.29, 1.82) is 0 Å². The van der Waals surface area contributed by atoms with Gasteiger partial charge in [-0.15, -0.1) is 0 Å². The van der Waals surface area contributed by atoms with Crippen LogP contribution in [0.3, 0.4) is 0 Å². The molecule has 0 fully saturated rings. The third kappa shape index (κ3) is 31.2. The molecule has 0 spiro atoms. The number of unbranched alkanes of at least 4 members (excludes halogenated alkanes) is 22. The second-order valence-electron chi connectivity index (χ2n) is 22.3. The van der Waals surface area contributed by atoms with E-state index in [2.05, 4.69) is 82.7 Å². The van der Waals surface area contributed by atoms with E-state index in [-0.39, 0.29) is 5.78 Å². The number of hydrogen-bond acceptors (Lipinski definition) is 6. The Balaban J connectivity index is 8.93. The van der Waals surface area contributed by atoms with Gasteiger partial charge in [0.2, 0.25) is 0 Å². The number of hydrogen-bond donors (Lipinski definition) is 0. The molecule has 0 unspecified atom stereocenters. The molecule has 0 N–H and O–H groups in total. The number of allylic oxidation sites excluding steroid dienone is 1. The van der Waals surface area contributed by atoms with Crippen LogP contribution >= 0.6 is 0 Å². The monoisotopic (exact) mass is 1070 g/mol. The Morgan fingerprint density at radius 2 is 0.471 bits per heavy atom. The molecule has 0 saturated carbocycles. The van der Waals surface area contributed by atoms with Crippen LogP contribution in [-0.4, -0.2) is 48.3 Å². The second-order valence-corrected chi connectivity index (χ2v) is 41.0. The lowest BCUT2D eigenvalue weighted by molar-refractivity contribution is -0.115. The third-order valence-corrected chi connectivity index (χ3v) is 40.7. The van der Waals surface area contributed by atoms with Crippen LogP contribution in [-0.2, 0) is 25.7 Å². The highest BCUT2D eigenvalue weighted by Crippen LogP contribution is 2.45. The van der Waals surface area contributed by atoms with Gasteiger partial charge >= 0.3 is 34.2 Å². The van der Waals surface area contributed by atoms with Crippen LogP contribution in [0.2, 0.25) is 66.5 Å². The van der Waals surface area contributed by atoms with Crippen molar-refractivity contribution in [3.8, 4) is 0 Å². The number of ketones is 1. The van der Waals surface area contributed by atoms with Gasteiger partial charge in [0, 0.05) is 19.0 Å². The summed E-state index contributed by atoms with van der Waals surface area (Å²) in [6.07, 6.45) is 39.5. The maximum absolute atomic E-state index is 13.2. The molecular weight excluding hydrogens is 945 g/mol. The summed E-state index contributed by atoms with van der Waals surface area (Å²) in [4.78, 5) is 13.2. The molecule has 0 atom stereocenters. The van der Waals surface area contributed by atoms with Gasteiger partial charge in [0.1, 0.15) is 5.76 Å². The molecule has 0 amide bonds. The molecule has 418 valence electrons. The topological polar surface area (TPSA) is 63.2 Å². The molecule has 0 aliphatic rings. The highest BCUT2D eigenvalue weighted by molar-refractivity contribution is 6.92. The van der Waals surface area contributed by atoms with E-state index in [1.54, 1.807) is 6.92 Å². The van der Waals surface area contributed by atoms with Crippen molar-refractivity contribution >= 4 is 48.3 Å². The molecule has 0 rings (SSSR count). The van der Waals surface area contributed by atoms with Crippen molar-refractivity contribution < 1.29 is 25.7 Å². The van der Waals surface area contributed by atoms with Gasteiger partial charge in [-0.1, -0.05) is 295 Å². The van der Waals surface area contributed by atoms with Crippen LogP contribution in [0.4, 0.5) is 0 Å². The minimum atomic E-state index is -3.10. The number of Topliss-reactive ketones (excluding diaryl/α,β-unsaturated/α-hetero) is 1. The summed E-state index contributed by atoms with van der Waals surface area (Å²) in [6.45, 7) is 31.9. The van der Waals surface area contributed by atoms with Gasteiger partial charge in [-0.25, -0.2) is 0 Å². The van der Waals surface area contributed by atoms with E-state index in [1.165, 1.54) is 153 Å². The maximum Gasteiger partial charge on any atom is 0.390 e. The fourth-order valence-electron chi connectivity index (χ4n) is 10.9. The summed E-state index contributed by atoms with van der Waals surface area (Å²) >= 11 is 0. The summed E-state index contributed by atoms with van der Waals surface area (Å²) in [5.74, 6) is 0.233. The number of carbonyl (C=O) groups is 1. The number of carbonyl (C=O) groups excluding carboxylic acids is 1. The summed E-state index contributed by atoms with van der Waals surface area (Å²) < 4.78 is 41.8. The predicted molar refractivity (Wildman–Crippen MR) is 322 cm³/mol. The van der Waals surface area contributed by atoms with Gasteiger partial charge in [0.05, 0.1) is 0 Å². The average Bonchev–Trinajstić information content (AvgIpc) is 3.32. The molecule has 0 aromatic rings. The Kier molecular flexibility index (Phi) is 44.4. The van der Waals surface area contributed by atoms with Crippen LogP contribution in [0.25, 0.3) is 0 Å². The van der Waals surface area contributed by atoms with Crippen molar-refractivity contribution in [3.05, 3.63) is 12.3 Å². The summed E-state index contributed by atoms with van der Waals surface area (Å²) in [6, 6.07) is 12.0. The standard InChI is InChI=1S/C59H126O6Si5/c1-14-25-36-47-66(48-37-26-15-2,49-38-27-16-3)62-68(52-41-30-19-6,53-42-31-20-7)64-70(56-45-34-23-10,57-46-35-24-11)65-69(54-43-32-21-8,55-44-33-22-9)63-67(50-39-28-17-4,51-40-29-18-5)61-59(13)58(12)60/h13-57H2,1-12H3. The molecule has 0 bridgehead atoms. The fourth-order valence-corrected chi connectivity index (χ4v) is 42.4. The van der Waals surface area contributed by atoms with Crippen LogP contribution in [0, 0.1) is 0 Å².